The summed E-state index contributed by atoms with van der Waals surface area (Å²) in [4.78, 5) is -1.66. The van der Waals surface area contributed by atoms with Crippen molar-refractivity contribution in [3.63, 3.8) is 0 Å². The molecule has 0 radical (unpaired) electrons. The van der Waals surface area contributed by atoms with Crippen molar-refractivity contribution in [3.05, 3.63) is 29.3 Å². The van der Waals surface area contributed by atoms with Crippen LogP contribution in [-0.4, -0.2) is 28.6 Å². The summed E-state index contributed by atoms with van der Waals surface area (Å²) in [5.74, 6) is -7.46. The number of likely N-dealkylation sites (N-methyl/N-ethyl adjacent to an activating group) is 1. The second-order valence-electron chi connectivity index (χ2n) is 3.30. The molecule has 102 valence electrons. The number of hydrogen-bond acceptors (Lipinski definition) is 3. The summed E-state index contributed by atoms with van der Waals surface area (Å²) < 4.78 is 77.0. The average molecular weight is 286 g/mol. The molecular formula is C9H10F4N2O2S. The van der Waals surface area contributed by atoms with Gasteiger partial charge in [0.2, 0.25) is 10.0 Å². The molecule has 0 aliphatic carbocycles. The molecule has 0 spiro atoms. The molecule has 0 bridgehead atoms. The van der Waals surface area contributed by atoms with Crippen LogP contribution >= 0.6 is 0 Å². The van der Waals surface area contributed by atoms with E-state index in [9.17, 15) is 26.0 Å². The van der Waals surface area contributed by atoms with Crippen molar-refractivity contribution < 1.29 is 26.0 Å². The van der Waals surface area contributed by atoms with Gasteiger partial charge in [-0.25, -0.2) is 30.7 Å². The van der Waals surface area contributed by atoms with Gasteiger partial charge in [0.25, 0.3) is 0 Å². The van der Waals surface area contributed by atoms with Crippen LogP contribution in [0.4, 0.5) is 17.6 Å². The van der Waals surface area contributed by atoms with Crippen molar-refractivity contribution in [1.29, 1.82) is 0 Å². The zero-order valence-corrected chi connectivity index (χ0v) is 10.0. The second-order valence-corrected chi connectivity index (χ2v) is 5.00. The molecule has 0 amide bonds. The Morgan fingerprint density at radius 2 is 1.56 bits per heavy atom. The van der Waals surface area contributed by atoms with Gasteiger partial charge in [0.15, 0.2) is 28.2 Å². The van der Waals surface area contributed by atoms with Crippen molar-refractivity contribution in [3.8, 4) is 0 Å². The SMILES string of the molecule is CNCCNS(=O)(=O)c1c(F)c(F)cc(F)c1F. The van der Waals surface area contributed by atoms with E-state index >= 15 is 0 Å². The summed E-state index contributed by atoms with van der Waals surface area (Å²) in [5.41, 5.74) is 0. The molecule has 0 heterocycles. The topological polar surface area (TPSA) is 58.2 Å². The molecule has 9 heteroatoms. The van der Waals surface area contributed by atoms with E-state index in [-0.39, 0.29) is 19.2 Å². The zero-order valence-electron chi connectivity index (χ0n) is 9.23. The molecule has 1 aromatic carbocycles. The van der Waals surface area contributed by atoms with E-state index in [4.69, 9.17) is 0 Å². The van der Waals surface area contributed by atoms with Gasteiger partial charge in [-0.2, -0.15) is 0 Å². The van der Waals surface area contributed by atoms with Gasteiger partial charge in [-0.3, -0.25) is 0 Å². The van der Waals surface area contributed by atoms with Crippen molar-refractivity contribution in [2.75, 3.05) is 20.1 Å². The van der Waals surface area contributed by atoms with Crippen LogP contribution in [0, 0.1) is 23.3 Å². The van der Waals surface area contributed by atoms with Gasteiger partial charge in [-0.1, -0.05) is 0 Å². The second kappa shape index (κ2) is 5.63. The van der Waals surface area contributed by atoms with Gasteiger partial charge in [0.1, 0.15) is 0 Å². The third kappa shape index (κ3) is 2.98. The first-order valence-electron chi connectivity index (χ1n) is 4.78. The van der Waals surface area contributed by atoms with E-state index in [1.54, 1.807) is 0 Å². The fourth-order valence-electron chi connectivity index (χ4n) is 1.17. The van der Waals surface area contributed by atoms with Gasteiger partial charge in [0, 0.05) is 19.2 Å². The van der Waals surface area contributed by atoms with Gasteiger partial charge in [0.05, 0.1) is 0 Å². The Morgan fingerprint density at radius 1 is 1.06 bits per heavy atom. The lowest BCUT2D eigenvalue weighted by molar-refractivity contribution is 0.418. The fraction of sp³-hybridized carbons (Fsp3) is 0.333. The molecular weight excluding hydrogens is 276 g/mol. The van der Waals surface area contributed by atoms with Crippen LogP contribution in [-0.2, 0) is 10.0 Å². The van der Waals surface area contributed by atoms with Gasteiger partial charge in [-0.15, -0.1) is 0 Å². The van der Waals surface area contributed by atoms with E-state index < -0.39 is 38.2 Å². The minimum atomic E-state index is -4.66. The first-order valence-corrected chi connectivity index (χ1v) is 6.27. The summed E-state index contributed by atoms with van der Waals surface area (Å²) in [6, 6.07) is -0.0582. The number of hydrogen-bond donors (Lipinski definition) is 2. The lowest BCUT2D eigenvalue weighted by Crippen LogP contribution is -2.32. The fourth-order valence-corrected chi connectivity index (χ4v) is 2.35. The van der Waals surface area contributed by atoms with Crippen LogP contribution in [0.3, 0.4) is 0 Å². The number of benzene rings is 1. The molecule has 2 N–H and O–H groups in total. The highest BCUT2D eigenvalue weighted by Crippen LogP contribution is 2.23. The Kier molecular flexibility index (Phi) is 4.65. The maximum Gasteiger partial charge on any atom is 0.246 e. The number of sulfonamides is 1. The van der Waals surface area contributed by atoms with Crippen LogP contribution < -0.4 is 10.0 Å². The standard InChI is InChI=1S/C9H10F4N2O2S/c1-14-2-3-15-18(16,17)9-7(12)5(10)4-6(11)8(9)13/h4,14-15H,2-3H2,1H3. The minimum Gasteiger partial charge on any atom is -0.318 e. The van der Waals surface area contributed by atoms with Crippen LogP contribution in [0.25, 0.3) is 0 Å². The van der Waals surface area contributed by atoms with Gasteiger partial charge >= 0.3 is 0 Å². The molecule has 0 aliphatic heterocycles. The smallest absolute Gasteiger partial charge is 0.246 e. The van der Waals surface area contributed by atoms with Crippen LogP contribution in [0.1, 0.15) is 0 Å². The Morgan fingerprint density at radius 3 is 2.00 bits per heavy atom. The van der Waals surface area contributed by atoms with E-state index in [2.05, 4.69) is 5.32 Å². The highest BCUT2D eigenvalue weighted by molar-refractivity contribution is 7.89. The molecule has 0 atom stereocenters. The third-order valence-electron chi connectivity index (χ3n) is 2.01. The molecule has 0 unspecified atom stereocenters. The predicted molar refractivity (Wildman–Crippen MR) is 55.4 cm³/mol. The molecule has 18 heavy (non-hydrogen) atoms. The quantitative estimate of drug-likeness (QED) is 0.477. The first kappa shape index (κ1) is 14.9. The number of halogens is 4. The Bertz CT molecular complexity index is 522. The molecule has 0 fully saturated rings. The van der Waals surface area contributed by atoms with Crippen LogP contribution in [0.2, 0.25) is 0 Å². The Hall–Kier alpha value is -1.19. The molecule has 0 saturated heterocycles. The highest BCUT2D eigenvalue weighted by Gasteiger charge is 2.29. The maximum atomic E-state index is 13.2. The highest BCUT2D eigenvalue weighted by atomic mass is 32.2. The lowest BCUT2D eigenvalue weighted by atomic mass is 10.3. The van der Waals surface area contributed by atoms with Gasteiger partial charge in [-0.05, 0) is 7.05 Å². The summed E-state index contributed by atoms with van der Waals surface area (Å²) in [6.45, 7) is -0.00386. The monoisotopic (exact) mass is 286 g/mol. The summed E-state index contributed by atoms with van der Waals surface area (Å²) >= 11 is 0. The zero-order chi connectivity index (χ0) is 13.9. The molecule has 4 nitrogen and oxygen atoms in total. The molecule has 0 aromatic heterocycles. The van der Waals surface area contributed by atoms with Crippen LogP contribution in [0.5, 0.6) is 0 Å². The number of nitrogens with one attached hydrogen (secondary N) is 2. The predicted octanol–water partition coefficient (Wildman–Crippen LogP) is 0.741. The third-order valence-corrected chi connectivity index (χ3v) is 3.49. The molecule has 0 aliphatic rings. The first-order chi connectivity index (χ1) is 8.31. The van der Waals surface area contributed by atoms with E-state index in [1.165, 1.54) is 7.05 Å². The van der Waals surface area contributed by atoms with Gasteiger partial charge < -0.3 is 5.32 Å². The van der Waals surface area contributed by atoms with E-state index in [0.29, 0.717) is 0 Å². The van der Waals surface area contributed by atoms with Crippen molar-refractivity contribution in [2.24, 2.45) is 0 Å². The van der Waals surface area contributed by atoms with E-state index in [0.717, 1.165) is 0 Å². The maximum absolute atomic E-state index is 13.2. The summed E-state index contributed by atoms with van der Waals surface area (Å²) in [5, 5.41) is 2.58. The minimum absolute atomic E-state index is 0.0582. The Balaban J connectivity index is 3.24. The number of rotatable bonds is 5. The van der Waals surface area contributed by atoms with Crippen LogP contribution in [0.15, 0.2) is 11.0 Å². The normalized spacial score (nSPS) is 11.8. The van der Waals surface area contributed by atoms with Crippen molar-refractivity contribution >= 4 is 10.0 Å². The average Bonchev–Trinajstić information content (AvgIpc) is 2.26. The lowest BCUT2D eigenvalue weighted by Gasteiger charge is -2.09. The summed E-state index contributed by atoms with van der Waals surface area (Å²) in [7, 11) is -3.13. The molecule has 0 saturated carbocycles. The largest absolute Gasteiger partial charge is 0.318 e. The molecule has 1 rings (SSSR count). The van der Waals surface area contributed by atoms with Crippen molar-refractivity contribution in [1.82, 2.24) is 10.0 Å². The van der Waals surface area contributed by atoms with Crippen molar-refractivity contribution in [2.45, 2.75) is 4.90 Å². The summed E-state index contributed by atoms with van der Waals surface area (Å²) in [6.07, 6.45) is 0. The van der Waals surface area contributed by atoms with E-state index in [1.807, 2.05) is 4.72 Å². The molecule has 1 aromatic rings. The Labute approximate surface area is 101 Å².